The predicted molar refractivity (Wildman–Crippen MR) is 96.1 cm³/mol. The molecule has 126 valence electrons. The third-order valence-corrected chi connectivity index (χ3v) is 4.75. The van der Waals surface area contributed by atoms with E-state index >= 15 is 0 Å². The highest BCUT2D eigenvalue weighted by Crippen LogP contribution is 2.25. The quantitative estimate of drug-likeness (QED) is 0.478. The number of hydrogen-bond acceptors (Lipinski definition) is 1. The van der Waals surface area contributed by atoms with Crippen molar-refractivity contribution in [1.82, 2.24) is 4.98 Å². The van der Waals surface area contributed by atoms with Crippen LogP contribution in [-0.2, 0) is 11.3 Å². The first-order chi connectivity index (χ1) is 11.7. The first kappa shape index (κ1) is 16.5. The number of aromatic amines is 1. The molecule has 2 heterocycles. The molecule has 0 atom stereocenters. The number of nitrogens with zero attached hydrogens (tertiary/aromatic N) is 1. The SMILES string of the molecule is Cc1c2[nH]c3ccccc3c2cc[n+]1CCCCCCCC(=O)O. The van der Waals surface area contributed by atoms with Crippen LogP contribution in [0.4, 0.5) is 0 Å². The topological polar surface area (TPSA) is 57.0 Å². The van der Waals surface area contributed by atoms with Crippen LogP contribution < -0.4 is 4.57 Å². The van der Waals surface area contributed by atoms with E-state index in [0.29, 0.717) is 6.42 Å². The van der Waals surface area contributed by atoms with E-state index < -0.39 is 5.97 Å². The lowest BCUT2D eigenvalue weighted by Crippen LogP contribution is -2.36. The number of rotatable bonds is 8. The maximum absolute atomic E-state index is 10.5. The number of aliphatic carboxylic acids is 1. The van der Waals surface area contributed by atoms with E-state index in [1.165, 1.54) is 27.5 Å². The lowest BCUT2D eigenvalue weighted by atomic mass is 10.1. The van der Waals surface area contributed by atoms with E-state index in [4.69, 9.17) is 5.11 Å². The van der Waals surface area contributed by atoms with Gasteiger partial charge in [-0.1, -0.05) is 31.0 Å². The lowest BCUT2D eigenvalue weighted by Gasteiger charge is -2.02. The second-order valence-electron chi connectivity index (χ2n) is 6.47. The van der Waals surface area contributed by atoms with Crippen molar-refractivity contribution < 1.29 is 14.5 Å². The average molecular weight is 325 g/mol. The molecule has 2 aromatic heterocycles. The fourth-order valence-electron chi connectivity index (χ4n) is 3.37. The highest BCUT2D eigenvalue weighted by molar-refractivity contribution is 6.07. The Morgan fingerprint density at radius 1 is 1.04 bits per heavy atom. The molecule has 0 bridgehead atoms. The smallest absolute Gasteiger partial charge is 0.303 e. The molecule has 1 aromatic carbocycles. The van der Waals surface area contributed by atoms with E-state index in [1.807, 2.05) is 0 Å². The Bertz CT molecular complexity index is 851. The Balaban J connectivity index is 1.60. The van der Waals surface area contributed by atoms with Gasteiger partial charge in [-0.2, -0.15) is 0 Å². The maximum atomic E-state index is 10.5. The average Bonchev–Trinajstić information content (AvgIpc) is 2.95. The second-order valence-corrected chi connectivity index (χ2v) is 6.47. The highest BCUT2D eigenvalue weighted by Gasteiger charge is 2.14. The Morgan fingerprint density at radius 2 is 1.79 bits per heavy atom. The van der Waals surface area contributed by atoms with E-state index in [1.54, 1.807) is 0 Å². The van der Waals surface area contributed by atoms with E-state index in [-0.39, 0.29) is 0 Å². The molecule has 4 heteroatoms. The second kappa shape index (κ2) is 7.47. The number of hydrogen-bond donors (Lipinski definition) is 2. The first-order valence-corrected chi connectivity index (χ1v) is 8.78. The number of pyridine rings is 1. The summed E-state index contributed by atoms with van der Waals surface area (Å²) >= 11 is 0. The third-order valence-electron chi connectivity index (χ3n) is 4.75. The van der Waals surface area contributed by atoms with Gasteiger partial charge in [0.15, 0.2) is 6.20 Å². The molecule has 0 aliphatic carbocycles. The molecule has 0 saturated carbocycles. The minimum atomic E-state index is -0.687. The van der Waals surface area contributed by atoms with Crippen molar-refractivity contribution in [3.05, 3.63) is 42.2 Å². The van der Waals surface area contributed by atoms with E-state index in [2.05, 4.69) is 53.0 Å². The van der Waals surface area contributed by atoms with Crippen LogP contribution in [0.2, 0.25) is 0 Å². The molecule has 2 N–H and O–H groups in total. The molecule has 0 spiro atoms. The highest BCUT2D eigenvalue weighted by atomic mass is 16.4. The van der Waals surface area contributed by atoms with Crippen LogP contribution >= 0.6 is 0 Å². The number of carboxylic acids is 1. The summed E-state index contributed by atoms with van der Waals surface area (Å²) in [6.07, 6.45) is 7.68. The van der Waals surface area contributed by atoms with Crippen molar-refractivity contribution in [2.45, 2.75) is 52.0 Å². The number of H-pyrrole nitrogens is 1. The minimum absolute atomic E-state index is 0.297. The van der Waals surface area contributed by atoms with Crippen LogP contribution in [0.3, 0.4) is 0 Å². The number of nitrogens with one attached hydrogen (secondary N) is 1. The van der Waals surface area contributed by atoms with Gasteiger partial charge in [0.1, 0.15) is 12.1 Å². The number of carbonyl (C=O) groups is 1. The summed E-state index contributed by atoms with van der Waals surface area (Å²) in [5.74, 6) is -0.687. The van der Waals surface area contributed by atoms with Gasteiger partial charge in [0.05, 0.1) is 0 Å². The van der Waals surface area contributed by atoms with Crippen LogP contribution in [-0.4, -0.2) is 16.1 Å². The van der Waals surface area contributed by atoms with Crippen molar-refractivity contribution in [3.63, 3.8) is 0 Å². The summed E-state index contributed by atoms with van der Waals surface area (Å²) in [5.41, 5.74) is 3.68. The van der Waals surface area contributed by atoms with Gasteiger partial charge in [-0.3, -0.25) is 4.79 Å². The zero-order valence-corrected chi connectivity index (χ0v) is 14.2. The van der Waals surface area contributed by atoms with Crippen LogP contribution in [0.15, 0.2) is 36.5 Å². The van der Waals surface area contributed by atoms with Crippen molar-refractivity contribution in [3.8, 4) is 0 Å². The zero-order chi connectivity index (χ0) is 16.9. The van der Waals surface area contributed by atoms with Crippen LogP contribution in [0.1, 0.15) is 44.2 Å². The van der Waals surface area contributed by atoms with E-state index in [9.17, 15) is 4.79 Å². The third kappa shape index (κ3) is 3.58. The minimum Gasteiger partial charge on any atom is -0.481 e. The number of aryl methyl sites for hydroxylation is 2. The fourth-order valence-corrected chi connectivity index (χ4v) is 3.37. The normalized spacial score (nSPS) is 11.4. The summed E-state index contributed by atoms with van der Waals surface area (Å²) in [6, 6.07) is 10.6. The molecule has 3 aromatic rings. The van der Waals surface area contributed by atoms with Gasteiger partial charge in [-0.15, -0.1) is 0 Å². The molecule has 0 saturated heterocycles. The molecule has 0 fully saturated rings. The van der Waals surface area contributed by atoms with Crippen molar-refractivity contribution >= 4 is 27.8 Å². The Hall–Kier alpha value is -2.36. The number of aromatic nitrogens is 2. The van der Waals surface area contributed by atoms with Gasteiger partial charge in [0.2, 0.25) is 5.69 Å². The van der Waals surface area contributed by atoms with Crippen LogP contribution in [0.25, 0.3) is 21.8 Å². The lowest BCUT2D eigenvalue weighted by molar-refractivity contribution is -0.701. The largest absolute Gasteiger partial charge is 0.481 e. The monoisotopic (exact) mass is 325 g/mol. The Morgan fingerprint density at radius 3 is 2.62 bits per heavy atom. The molecule has 0 aliphatic heterocycles. The van der Waals surface area contributed by atoms with Gasteiger partial charge >= 0.3 is 5.97 Å². The van der Waals surface area contributed by atoms with Gasteiger partial charge in [0, 0.05) is 42.1 Å². The summed E-state index contributed by atoms with van der Waals surface area (Å²) in [5, 5.41) is 11.2. The standard InChI is InChI=1S/C20H24N2O2/c1-15-20-17(16-9-6-7-10-18(16)21-20)12-14-22(15)13-8-4-2-3-5-11-19(23)24/h6-7,9-10,12,14H,2-5,8,11,13H2,1H3,(H,23,24)/p+1. The molecule has 4 nitrogen and oxygen atoms in total. The van der Waals surface area contributed by atoms with Crippen molar-refractivity contribution in [2.75, 3.05) is 0 Å². The number of carboxylic acid groups (broad SMARTS) is 1. The molecule has 24 heavy (non-hydrogen) atoms. The first-order valence-electron chi connectivity index (χ1n) is 8.78. The van der Waals surface area contributed by atoms with Gasteiger partial charge in [-0.25, -0.2) is 4.57 Å². The number of para-hydroxylation sites is 1. The fraction of sp³-hybridized carbons (Fsp3) is 0.400. The molecule has 0 aliphatic rings. The number of fused-ring (bicyclic) bond motifs is 3. The summed E-state index contributed by atoms with van der Waals surface area (Å²) in [6.45, 7) is 3.18. The Kier molecular flexibility index (Phi) is 5.14. The van der Waals surface area contributed by atoms with Crippen molar-refractivity contribution in [2.24, 2.45) is 0 Å². The van der Waals surface area contributed by atoms with Crippen LogP contribution in [0, 0.1) is 6.92 Å². The Labute approximate surface area is 142 Å². The van der Waals surface area contributed by atoms with Crippen molar-refractivity contribution in [1.29, 1.82) is 0 Å². The molecule has 0 unspecified atom stereocenters. The summed E-state index contributed by atoms with van der Waals surface area (Å²) < 4.78 is 2.31. The van der Waals surface area contributed by atoms with E-state index in [0.717, 1.165) is 38.6 Å². The van der Waals surface area contributed by atoms with Gasteiger partial charge in [0.25, 0.3) is 0 Å². The van der Waals surface area contributed by atoms with Crippen LogP contribution in [0.5, 0.6) is 0 Å². The summed E-state index contributed by atoms with van der Waals surface area (Å²) in [7, 11) is 0. The molecule has 0 amide bonds. The van der Waals surface area contributed by atoms with Gasteiger partial charge in [-0.05, 0) is 18.9 Å². The molecule has 0 radical (unpaired) electrons. The van der Waals surface area contributed by atoms with Gasteiger partial charge < -0.3 is 10.1 Å². The molecule has 3 rings (SSSR count). The molecular formula is C20H25N2O2+. The maximum Gasteiger partial charge on any atom is 0.303 e. The predicted octanol–water partition coefficient (Wildman–Crippen LogP) is 4.34. The molecular weight excluding hydrogens is 300 g/mol. The zero-order valence-electron chi connectivity index (χ0n) is 14.2. The number of benzene rings is 1. The summed E-state index contributed by atoms with van der Waals surface area (Å²) in [4.78, 5) is 14.0. The number of unbranched alkanes of at least 4 members (excludes halogenated alkanes) is 4.